The molecule has 0 unspecified atom stereocenters. The number of fused-ring (bicyclic) bond motifs is 1. The zero-order valence-corrected chi connectivity index (χ0v) is 14.6. The number of aryl methyl sites for hydroxylation is 1. The van der Waals surface area contributed by atoms with E-state index in [-0.39, 0.29) is 18.0 Å². The van der Waals surface area contributed by atoms with Gasteiger partial charge in [0, 0.05) is 12.0 Å². The third-order valence-electron chi connectivity index (χ3n) is 4.86. The number of carboxylic acid groups (broad SMARTS) is 1. The van der Waals surface area contributed by atoms with E-state index in [9.17, 15) is 14.7 Å². The van der Waals surface area contributed by atoms with Crippen molar-refractivity contribution in [3.63, 3.8) is 0 Å². The molecule has 27 heavy (non-hydrogen) atoms. The van der Waals surface area contributed by atoms with Crippen LogP contribution < -0.4 is 4.74 Å². The van der Waals surface area contributed by atoms with E-state index in [2.05, 4.69) is 6.07 Å². The smallest absolute Gasteiger partial charge is 0.339 e. The van der Waals surface area contributed by atoms with Crippen molar-refractivity contribution in [1.29, 1.82) is 0 Å². The van der Waals surface area contributed by atoms with E-state index in [4.69, 9.17) is 4.74 Å². The summed E-state index contributed by atoms with van der Waals surface area (Å²) >= 11 is 0. The number of carbonyl (C=O) groups excluding carboxylic acids is 1. The maximum atomic E-state index is 11.9. The molecule has 0 saturated carbocycles. The molecule has 4 rings (SSSR count). The summed E-state index contributed by atoms with van der Waals surface area (Å²) in [7, 11) is 0. The van der Waals surface area contributed by atoms with Crippen molar-refractivity contribution >= 4 is 11.8 Å². The van der Waals surface area contributed by atoms with Crippen LogP contribution in [0.2, 0.25) is 0 Å². The number of rotatable bonds is 5. The zero-order chi connectivity index (χ0) is 18.8. The highest BCUT2D eigenvalue weighted by atomic mass is 16.5. The van der Waals surface area contributed by atoms with Crippen molar-refractivity contribution in [3.8, 4) is 16.9 Å². The number of para-hydroxylation sites is 1. The number of Topliss-reactive ketones (excluding diaryl/α,β-unsaturated/α-hetero) is 1. The summed E-state index contributed by atoms with van der Waals surface area (Å²) in [5.41, 5.74) is 5.07. The first kappa shape index (κ1) is 17.0. The fraction of sp³-hybridized carbons (Fsp3) is 0.130. The molecule has 0 aliphatic heterocycles. The summed E-state index contributed by atoms with van der Waals surface area (Å²) in [6.45, 7) is 0.260. The number of ether oxygens (including phenoxy) is 1. The van der Waals surface area contributed by atoms with Gasteiger partial charge in [0.1, 0.15) is 17.9 Å². The Kier molecular flexibility index (Phi) is 4.47. The van der Waals surface area contributed by atoms with Crippen molar-refractivity contribution in [2.45, 2.75) is 19.4 Å². The molecule has 0 atom stereocenters. The number of carbonyl (C=O) groups is 2. The Hall–Kier alpha value is -3.40. The standard InChI is InChI=1S/C23H18O4/c24-21-12-10-16-13-15(9-11-19(16)21)18-6-2-1-5-17(18)14-27-22-8-4-3-7-20(22)23(25)26/h1-9,11,13H,10,12,14H2,(H,25,26). The lowest BCUT2D eigenvalue weighted by Crippen LogP contribution is -2.04. The fourth-order valence-electron chi connectivity index (χ4n) is 3.48. The molecule has 134 valence electrons. The normalized spacial score (nSPS) is 12.7. The first-order chi connectivity index (χ1) is 13.1. The molecule has 0 amide bonds. The highest BCUT2D eigenvalue weighted by Crippen LogP contribution is 2.31. The van der Waals surface area contributed by atoms with Crippen molar-refractivity contribution < 1.29 is 19.4 Å². The second-order valence-corrected chi connectivity index (χ2v) is 6.54. The van der Waals surface area contributed by atoms with Gasteiger partial charge in [0.2, 0.25) is 0 Å². The lowest BCUT2D eigenvalue weighted by molar-refractivity contribution is 0.0691. The number of hydrogen-bond donors (Lipinski definition) is 1. The molecule has 0 saturated heterocycles. The van der Waals surface area contributed by atoms with Gasteiger partial charge in [-0.05, 0) is 40.8 Å². The highest BCUT2D eigenvalue weighted by molar-refractivity contribution is 6.01. The maximum Gasteiger partial charge on any atom is 0.339 e. The van der Waals surface area contributed by atoms with E-state index < -0.39 is 5.97 Å². The molecule has 0 fully saturated rings. The molecule has 1 aliphatic carbocycles. The van der Waals surface area contributed by atoms with Crippen LogP contribution in [0.25, 0.3) is 11.1 Å². The Morgan fingerprint density at radius 2 is 1.70 bits per heavy atom. The second kappa shape index (κ2) is 7.08. The van der Waals surface area contributed by atoms with Gasteiger partial charge >= 0.3 is 5.97 Å². The van der Waals surface area contributed by atoms with Crippen LogP contribution in [0.5, 0.6) is 5.75 Å². The summed E-state index contributed by atoms with van der Waals surface area (Å²) < 4.78 is 5.82. The largest absolute Gasteiger partial charge is 0.488 e. The monoisotopic (exact) mass is 358 g/mol. The maximum absolute atomic E-state index is 11.9. The summed E-state index contributed by atoms with van der Waals surface area (Å²) in [5, 5.41) is 9.30. The number of ketones is 1. The van der Waals surface area contributed by atoms with E-state index in [1.165, 1.54) is 6.07 Å². The predicted octanol–water partition coefficient (Wildman–Crippen LogP) is 4.76. The topological polar surface area (TPSA) is 63.6 Å². The van der Waals surface area contributed by atoms with Crippen molar-refractivity contribution in [2.75, 3.05) is 0 Å². The summed E-state index contributed by atoms with van der Waals surface area (Å²) in [6, 6.07) is 20.4. The van der Waals surface area contributed by atoms with Crippen LogP contribution in [0.3, 0.4) is 0 Å². The molecule has 4 heteroatoms. The number of carboxylic acids is 1. The molecular formula is C23H18O4. The molecule has 0 aromatic heterocycles. The van der Waals surface area contributed by atoms with E-state index in [0.29, 0.717) is 12.2 Å². The Balaban J connectivity index is 1.63. The van der Waals surface area contributed by atoms with Crippen LogP contribution >= 0.6 is 0 Å². The Bertz CT molecular complexity index is 1040. The van der Waals surface area contributed by atoms with Crippen LogP contribution in [0, 0.1) is 0 Å². The minimum atomic E-state index is -1.01. The van der Waals surface area contributed by atoms with Crippen molar-refractivity contribution in [1.82, 2.24) is 0 Å². The summed E-state index contributed by atoms with van der Waals surface area (Å²) in [6.07, 6.45) is 1.36. The quantitative estimate of drug-likeness (QED) is 0.714. The van der Waals surface area contributed by atoms with Crippen LogP contribution in [0.15, 0.2) is 66.7 Å². The lowest BCUT2D eigenvalue weighted by Gasteiger charge is -2.13. The van der Waals surface area contributed by atoms with Crippen LogP contribution in [0.4, 0.5) is 0 Å². The van der Waals surface area contributed by atoms with Crippen molar-refractivity contribution in [2.24, 2.45) is 0 Å². The van der Waals surface area contributed by atoms with Gasteiger partial charge in [-0.15, -0.1) is 0 Å². The average Bonchev–Trinajstić information content (AvgIpc) is 3.07. The molecular weight excluding hydrogens is 340 g/mol. The van der Waals surface area contributed by atoms with Crippen LogP contribution in [-0.4, -0.2) is 16.9 Å². The Labute approximate surface area is 157 Å². The van der Waals surface area contributed by atoms with Gasteiger partial charge in [-0.3, -0.25) is 4.79 Å². The predicted molar refractivity (Wildman–Crippen MR) is 102 cm³/mol. The Morgan fingerprint density at radius 1 is 0.926 bits per heavy atom. The van der Waals surface area contributed by atoms with E-state index in [1.54, 1.807) is 18.2 Å². The molecule has 1 aliphatic rings. The Morgan fingerprint density at radius 3 is 2.56 bits per heavy atom. The zero-order valence-electron chi connectivity index (χ0n) is 14.6. The van der Waals surface area contributed by atoms with Crippen molar-refractivity contribution in [3.05, 3.63) is 89.0 Å². The van der Waals surface area contributed by atoms with Gasteiger partial charge in [-0.2, -0.15) is 0 Å². The molecule has 3 aromatic rings. The van der Waals surface area contributed by atoms with Gasteiger partial charge < -0.3 is 9.84 Å². The third-order valence-corrected chi connectivity index (χ3v) is 4.86. The second-order valence-electron chi connectivity index (χ2n) is 6.54. The molecule has 1 N–H and O–H groups in total. The minimum absolute atomic E-state index is 0.144. The molecule has 3 aromatic carbocycles. The fourth-order valence-corrected chi connectivity index (χ4v) is 3.48. The van der Waals surface area contributed by atoms with Gasteiger partial charge in [0.25, 0.3) is 0 Å². The average molecular weight is 358 g/mol. The van der Waals surface area contributed by atoms with Crippen LogP contribution in [-0.2, 0) is 13.0 Å². The molecule has 0 spiro atoms. The summed E-state index contributed by atoms with van der Waals surface area (Å²) in [5.74, 6) is -0.458. The molecule has 0 radical (unpaired) electrons. The first-order valence-corrected chi connectivity index (χ1v) is 8.83. The minimum Gasteiger partial charge on any atom is -0.488 e. The first-order valence-electron chi connectivity index (χ1n) is 8.83. The van der Waals surface area contributed by atoms with Gasteiger partial charge in [0.15, 0.2) is 5.78 Å². The number of hydrogen-bond acceptors (Lipinski definition) is 3. The van der Waals surface area contributed by atoms with E-state index >= 15 is 0 Å². The van der Waals surface area contributed by atoms with Crippen LogP contribution in [0.1, 0.15) is 38.3 Å². The van der Waals surface area contributed by atoms with E-state index in [1.807, 2.05) is 36.4 Å². The number of aromatic carboxylic acids is 1. The molecule has 0 bridgehead atoms. The van der Waals surface area contributed by atoms with E-state index in [0.717, 1.165) is 34.2 Å². The number of benzene rings is 3. The SMILES string of the molecule is O=C1CCc2cc(-c3ccccc3COc3ccccc3C(=O)O)ccc21. The lowest BCUT2D eigenvalue weighted by atomic mass is 9.97. The molecule has 0 heterocycles. The molecule has 4 nitrogen and oxygen atoms in total. The highest BCUT2D eigenvalue weighted by Gasteiger charge is 2.20. The van der Waals surface area contributed by atoms with Gasteiger partial charge in [-0.1, -0.05) is 54.6 Å². The summed E-state index contributed by atoms with van der Waals surface area (Å²) in [4.78, 5) is 23.2. The van der Waals surface area contributed by atoms with Gasteiger partial charge in [-0.25, -0.2) is 4.79 Å². The van der Waals surface area contributed by atoms with Gasteiger partial charge in [0.05, 0.1) is 0 Å². The third kappa shape index (κ3) is 3.34.